The Labute approximate surface area is 135 Å². The van der Waals surface area contributed by atoms with E-state index in [0.29, 0.717) is 11.7 Å². The van der Waals surface area contributed by atoms with Gasteiger partial charge in [0, 0.05) is 34.8 Å². The number of nitrogens with one attached hydrogen (secondary N) is 2. The predicted molar refractivity (Wildman–Crippen MR) is 89.8 cm³/mol. The maximum absolute atomic E-state index is 12.2. The zero-order valence-electron chi connectivity index (χ0n) is 12.1. The summed E-state index contributed by atoms with van der Waals surface area (Å²) < 4.78 is 1.43. The Morgan fingerprint density at radius 2 is 2.09 bits per heavy atom. The van der Waals surface area contributed by atoms with Gasteiger partial charge in [-0.1, -0.05) is 12.1 Å². The number of imidazole rings is 1. The average Bonchev–Trinajstić information content (AvgIpc) is 3.17. The Morgan fingerprint density at radius 1 is 1.17 bits per heavy atom. The van der Waals surface area contributed by atoms with Crippen molar-refractivity contribution in [1.29, 1.82) is 0 Å². The lowest BCUT2D eigenvalue weighted by atomic mass is 10.3. The number of aromatic nitrogens is 5. The van der Waals surface area contributed by atoms with Crippen LogP contribution in [0.25, 0.3) is 17.0 Å². The Bertz CT molecular complexity index is 969. The zero-order chi connectivity index (χ0) is 15.6. The van der Waals surface area contributed by atoms with E-state index in [1.807, 2.05) is 36.4 Å². The number of aromatic amines is 2. The number of rotatable bonds is 4. The molecule has 0 atom stereocenters. The van der Waals surface area contributed by atoms with Gasteiger partial charge in [0.15, 0.2) is 0 Å². The van der Waals surface area contributed by atoms with Crippen LogP contribution >= 0.6 is 11.8 Å². The fourth-order valence-electron chi connectivity index (χ4n) is 2.31. The van der Waals surface area contributed by atoms with Crippen molar-refractivity contribution in [3.05, 3.63) is 70.9 Å². The summed E-state index contributed by atoms with van der Waals surface area (Å²) in [6, 6.07) is 13.2. The molecule has 114 valence electrons. The van der Waals surface area contributed by atoms with Crippen LogP contribution < -0.4 is 5.56 Å². The van der Waals surface area contributed by atoms with Gasteiger partial charge < -0.3 is 4.98 Å². The van der Waals surface area contributed by atoms with E-state index in [2.05, 4.69) is 20.1 Å². The monoisotopic (exact) mass is 323 g/mol. The van der Waals surface area contributed by atoms with E-state index >= 15 is 0 Å². The van der Waals surface area contributed by atoms with E-state index in [4.69, 9.17) is 0 Å². The number of benzene rings is 1. The first kappa shape index (κ1) is 13.8. The number of hydrogen-bond acceptors (Lipinski definition) is 4. The minimum Gasteiger partial charge on any atom is -0.322 e. The van der Waals surface area contributed by atoms with Gasteiger partial charge in [-0.25, -0.2) is 4.98 Å². The topological polar surface area (TPSA) is 79.4 Å². The highest BCUT2D eigenvalue weighted by molar-refractivity contribution is 7.98. The van der Waals surface area contributed by atoms with E-state index in [9.17, 15) is 4.79 Å². The molecule has 0 fully saturated rings. The molecule has 23 heavy (non-hydrogen) atoms. The Kier molecular flexibility index (Phi) is 3.47. The number of H-pyrrole nitrogens is 2. The number of para-hydroxylation sites is 2. The van der Waals surface area contributed by atoms with Crippen LogP contribution in [0.5, 0.6) is 0 Å². The third-order valence-corrected chi connectivity index (χ3v) is 4.42. The summed E-state index contributed by atoms with van der Waals surface area (Å²) in [5.74, 6) is 1.16. The molecule has 0 amide bonds. The normalized spacial score (nSPS) is 11.1. The molecule has 1 aromatic carbocycles. The molecule has 0 bridgehead atoms. The third-order valence-electron chi connectivity index (χ3n) is 3.39. The van der Waals surface area contributed by atoms with Crippen molar-refractivity contribution in [2.45, 2.75) is 10.6 Å². The summed E-state index contributed by atoms with van der Waals surface area (Å²) in [6.45, 7) is 0. The van der Waals surface area contributed by atoms with Crippen LogP contribution in [0.4, 0.5) is 0 Å². The molecule has 0 spiro atoms. The molecule has 3 heterocycles. The summed E-state index contributed by atoms with van der Waals surface area (Å²) in [5.41, 5.74) is 2.43. The second-order valence-electron chi connectivity index (χ2n) is 5.01. The van der Waals surface area contributed by atoms with Gasteiger partial charge >= 0.3 is 0 Å². The number of nitrogens with zero attached hydrogens (tertiary/aromatic N) is 3. The largest absolute Gasteiger partial charge is 0.322 e. The predicted octanol–water partition coefficient (Wildman–Crippen LogP) is 2.73. The fraction of sp³-hybridized carbons (Fsp3) is 0.0625. The summed E-state index contributed by atoms with van der Waals surface area (Å²) in [6.07, 6.45) is 3.54. The molecule has 0 aliphatic rings. The zero-order valence-corrected chi connectivity index (χ0v) is 12.9. The molecule has 0 aliphatic heterocycles. The molecule has 6 nitrogen and oxygen atoms in total. The Hall–Kier alpha value is -2.80. The van der Waals surface area contributed by atoms with E-state index in [1.165, 1.54) is 4.68 Å². The minimum absolute atomic E-state index is 0.133. The molecular formula is C16H13N5OS. The smallest absolute Gasteiger partial charge is 0.274 e. The first-order valence-corrected chi connectivity index (χ1v) is 8.07. The van der Waals surface area contributed by atoms with Crippen LogP contribution in [0.15, 0.2) is 64.5 Å². The Balaban J connectivity index is 1.60. The van der Waals surface area contributed by atoms with Crippen molar-refractivity contribution in [3.63, 3.8) is 0 Å². The Morgan fingerprint density at radius 3 is 2.91 bits per heavy atom. The van der Waals surface area contributed by atoms with E-state index in [1.54, 1.807) is 30.2 Å². The summed E-state index contributed by atoms with van der Waals surface area (Å²) in [5, 5.41) is 3.10. The maximum atomic E-state index is 12.2. The van der Waals surface area contributed by atoms with Gasteiger partial charge in [-0.2, -0.15) is 4.68 Å². The highest BCUT2D eigenvalue weighted by Crippen LogP contribution is 2.20. The maximum Gasteiger partial charge on any atom is 0.274 e. The number of thioether (sulfide) groups is 1. The molecule has 0 radical (unpaired) electrons. The minimum atomic E-state index is -0.133. The van der Waals surface area contributed by atoms with Crippen molar-refractivity contribution >= 4 is 22.8 Å². The number of fused-ring (bicyclic) bond motifs is 1. The van der Waals surface area contributed by atoms with Crippen LogP contribution in [-0.2, 0) is 5.75 Å². The van der Waals surface area contributed by atoms with E-state index < -0.39 is 0 Å². The van der Waals surface area contributed by atoms with Crippen molar-refractivity contribution in [1.82, 2.24) is 24.7 Å². The van der Waals surface area contributed by atoms with E-state index in [0.717, 1.165) is 21.6 Å². The van der Waals surface area contributed by atoms with Gasteiger partial charge in [0.25, 0.3) is 5.56 Å². The molecule has 4 rings (SSSR count). The van der Waals surface area contributed by atoms with Crippen molar-refractivity contribution in [2.24, 2.45) is 0 Å². The first-order valence-electron chi connectivity index (χ1n) is 7.08. The van der Waals surface area contributed by atoms with Gasteiger partial charge in [0.2, 0.25) is 5.95 Å². The van der Waals surface area contributed by atoms with Crippen LogP contribution in [-0.4, -0.2) is 24.7 Å². The molecule has 3 aromatic heterocycles. The van der Waals surface area contributed by atoms with Gasteiger partial charge in [-0.15, -0.1) is 11.8 Å². The number of pyridine rings is 1. The summed E-state index contributed by atoms with van der Waals surface area (Å²) >= 11 is 1.62. The lowest BCUT2D eigenvalue weighted by Gasteiger charge is -1.99. The van der Waals surface area contributed by atoms with Gasteiger partial charge in [-0.3, -0.25) is 14.9 Å². The van der Waals surface area contributed by atoms with Crippen molar-refractivity contribution in [3.8, 4) is 5.95 Å². The van der Waals surface area contributed by atoms with Gasteiger partial charge in [-0.05, 0) is 24.3 Å². The van der Waals surface area contributed by atoms with Crippen molar-refractivity contribution in [2.75, 3.05) is 0 Å². The number of hydrogen-bond donors (Lipinski definition) is 2. The van der Waals surface area contributed by atoms with Gasteiger partial charge in [0.1, 0.15) is 0 Å². The second-order valence-corrected chi connectivity index (χ2v) is 6.06. The fourth-order valence-corrected chi connectivity index (χ4v) is 3.09. The first-order chi connectivity index (χ1) is 11.3. The lowest BCUT2D eigenvalue weighted by Crippen LogP contribution is -2.14. The quantitative estimate of drug-likeness (QED) is 0.566. The molecule has 7 heteroatoms. The van der Waals surface area contributed by atoms with E-state index in [-0.39, 0.29) is 5.56 Å². The van der Waals surface area contributed by atoms with Crippen LogP contribution in [0.1, 0.15) is 5.69 Å². The van der Waals surface area contributed by atoms with Crippen LogP contribution in [0.3, 0.4) is 0 Å². The van der Waals surface area contributed by atoms with Crippen LogP contribution in [0, 0.1) is 0 Å². The standard InChI is InChI=1S/C16H13N5OS/c22-15-8-11(10-23-12-4-3-7-17-9-12)20-21(15)16-18-13-5-1-2-6-14(13)19-16/h1-9,20H,10H2,(H,18,19). The molecule has 0 aliphatic carbocycles. The summed E-state index contributed by atoms with van der Waals surface area (Å²) in [7, 11) is 0. The molecule has 0 unspecified atom stereocenters. The molecular weight excluding hydrogens is 310 g/mol. The molecule has 2 N–H and O–H groups in total. The lowest BCUT2D eigenvalue weighted by molar-refractivity contribution is 0.789. The van der Waals surface area contributed by atoms with Crippen LogP contribution in [0.2, 0.25) is 0 Å². The molecule has 0 saturated carbocycles. The molecule has 4 aromatic rings. The SMILES string of the molecule is O=c1cc(CSc2cccnc2)[nH]n1-c1nc2ccccc2[nH]1. The van der Waals surface area contributed by atoms with Crippen molar-refractivity contribution < 1.29 is 0 Å². The third kappa shape index (κ3) is 2.78. The highest BCUT2D eigenvalue weighted by atomic mass is 32.2. The van der Waals surface area contributed by atoms with Gasteiger partial charge in [0.05, 0.1) is 11.0 Å². The summed E-state index contributed by atoms with van der Waals surface area (Å²) in [4.78, 5) is 24.9. The average molecular weight is 323 g/mol. The highest BCUT2D eigenvalue weighted by Gasteiger charge is 2.09. The second kappa shape index (κ2) is 5.77. The molecule has 0 saturated heterocycles.